The first-order valence-electron chi connectivity index (χ1n) is 7.40. The molecule has 2 rings (SSSR count). The van der Waals surface area contributed by atoms with Crippen molar-refractivity contribution in [2.75, 3.05) is 31.6 Å². The summed E-state index contributed by atoms with van der Waals surface area (Å²) in [4.78, 5) is 2.47. The first kappa shape index (κ1) is 14.2. The SMILES string of the molecule is CCC(C)C(CN1CCCOc2ccccc21)NC. The van der Waals surface area contributed by atoms with Gasteiger partial charge in [-0.25, -0.2) is 0 Å². The summed E-state index contributed by atoms with van der Waals surface area (Å²) < 4.78 is 5.82. The lowest BCUT2D eigenvalue weighted by Crippen LogP contribution is -2.43. The molecule has 3 nitrogen and oxygen atoms in total. The van der Waals surface area contributed by atoms with Crippen LogP contribution in [0.5, 0.6) is 5.75 Å². The molecule has 0 bridgehead atoms. The van der Waals surface area contributed by atoms with Crippen molar-refractivity contribution in [2.45, 2.75) is 32.7 Å². The van der Waals surface area contributed by atoms with Crippen LogP contribution in [-0.2, 0) is 0 Å². The first-order valence-corrected chi connectivity index (χ1v) is 7.40. The van der Waals surface area contributed by atoms with E-state index in [-0.39, 0.29) is 0 Å². The molecule has 1 heterocycles. The second-order valence-corrected chi connectivity index (χ2v) is 5.40. The lowest BCUT2D eigenvalue weighted by atomic mass is 9.98. The highest BCUT2D eigenvalue weighted by Crippen LogP contribution is 2.30. The average molecular weight is 262 g/mol. The van der Waals surface area contributed by atoms with Gasteiger partial charge in [0.15, 0.2) is 0 Å². The van der Waals surface area contributed by atoms with Crippen LogP contribution in [0.25, 0.3) is 0 Å². The van der Waals surface area contributed by atoms with Crippen LogP contribution in [0.3, 0.4) is 0 Å². The smallest absolute Gasteiger partial charge is 0.142 e. The molecule has 1 aromatic carbocycles. The number of anilines is 1. The molecular weight excluding hydrogens is 236 g/mol. The van der Waals surface area contributed by atoms with E-state index in [0.29, 0.717) is 12.0 Å². The van der Waals surface area contributed by atoms with Gasteiger partial charge in [-0.1, -0.05) is 32.4 Å². The molecule has 3 heteroatoms. The highest BCUT2D eigenvalue weighted by atomic mass is 16.5. The minimum Gasteiger partial charge on any atom is -0.491 e. The zero-order valence-electron chi connectivity index (χ0n) is 12.4. The third-order valence-corrected chi connectivity index (χ3v) is 4.15. The molecule has 2 unspecified atom stereocenters. The van der Waals surface area contributed by atoms with Crippen LogP contribution in [-0.4, -0.2) is 32.8 Å². The van der Waals surface area contributed by atoms with E-state index < -0.39 is 0 Å². The first-order chi connectivity index (χ1) is 9.26. The van der Waals surface area contributed by atoms with Crippen LogP contribution in [0.2, 0.25) is 0 Å². The van der Waals surface area contributed by atoms with E-state index in [4.69, 9.17) is 4.74 Å². The Morgan fingerprint density at radius 3 is 2.89 bits per heavy atom. The van der Waals surface area contributed by atoms with Gasteiger partial charge in [0.05, 0.1) is 12.3 Å². The van der Waals surface area contributed by atoms with Crippen molar-refractivity contribution in [1.82, 2.24) is 5.32 Å². The van der Waals surface area contributed by atoms with Crippen molar-refractivity contribution in [2.24, 2.45) is 5.92 Å². The summed E-state index contributed by atoms with van der Waals surface area (Å²) in [7, 11) is 2.07. The minimum atomic E-state index is 0.524. The number of hydrogen-bond donors (Lipinski definition) is 1. The maximum absolute atomic E-state index is 5.82. The molecule has 2 atom stereocenters. The molecule has 0 saturated heterocycles. The van der Waals surface area contributed by atoms with Crippen molar-refractivity contribution in [3.05, 3.63) is 24.3 Å². The number of rotatable bonds is 5. The predicted molar refractivity (Wildman–Crippen MR) is 81.1 cm³/mol. The monoisotopic (exact) mass is 262 g/mol. The van der Waals surface area contributed by atoms with Crippen LogP contribution in [0.15, 0.2) is 24.3 Å². The molecule has 0 aliphatic carbocycles. The summed E-state index contributed by atoms with van der Waals surface area (Å²) in [5.74, 6) is 1.71. The van der Waals surface area contributed by atoms with E-state index in [1.807, 2.05) is 6.07 Å². The van der Waals surface area contributed by atoms with Crippen molar-refractivity contribution in [3.63, 3.8) is 0 Å². The molecule has 1 aliphatic rings. The van der Waals surface area contributed by atoms with Crippen molar-refractivity contribution >= 4 is 5.69 Å². The van der Waals surface area contributed by atoms with E-state index in [2.05, 4.69) is 49.3 Å². The molecule has 1 N–H and O–H groups in total. The number of hydrogen-bond acceptors (Lipinski definition) is 3. The fraction of sp³-hybridized carbons (Fsp3) is 0.625. The molecule has 19 heavy (non-hydrogen) atoms. The van der Waals surface area contributed by atoms with Crippen LogP contribution in [0.4, 0.5) is 5.69 Å². The summed E-state index contributed by atoms with van der Waals surface area (Å²) >= 11 is 0. The van der Waals surface area contributed by atoms with E-state index in [1.165, 1.54) is 12.1 Å². The normalized spacial score (nSPS) is 18.2. The van der Waals surface area contributed by atoms with Crippen LogP contribution in [0, 0.1) is 5.92 Å². The Kier molecular flexibility index (Phi) is 5.08. The number of benzene rings is 1. The van der Waals surface area contributed by atoms with E-state index in [9.17, 15) is 0 Å². The topological polar surface area (TPSA) is 24.5 Å². The third kappa shape index (κ3) is 3.41. The molecule has 0 saturated carbocycles. The minimum absolute atomic E-state index is 0.524. The molecule has 0 amide bonds. The van der Waals surface area contributed by atoms with Gasteiger partial charge in [0, 0.05) is 19.1 Å². The van der Waals surface area contributed by atoms with Gasteiger partial charge in [0.25, 0.3) is 0 Å². The maximum atomic E-state index is 5.82. The van der Waals surface area contributed by atoms with Crippen molar-refractivity contribution in [3.8, 4) is 5.75 Å². The zero-order chi connectivity index (χ0) is 13.7. The molecule has 0 spiro atoms. The van der Waals surface area contributed by atoms with Crippen LogP contribution in [0.1, 0.15) is 26.7 Å². The fourth-order valence-corrected chi connectivity index (χ4v) is 2.67. The molecule has 1 aromatic rings. The Hall–Kier alpha value is -1.22. The number of nitrogens with one attached hydrogen (secondary N) is 1. The fourth-order valence-electron chi connectivity index (χ4n) is 2.67. The van der Waals surface area contributed by atoms with Crippen LogP contribution >= 0.6 is 0 Å². The second-order valence-electron chi connectivity index (χ2n) is 5.40. The van der Waals surface area contributed by atoms with Gasteiger partial charge in [0.2, 0.25) is 0 Å². The summed E-state index contributed by atoms with van der Waals surface area (Å²) in [5, 5.41) is 3.47. The summed E-state index contributed by atoms with van der Waals surface area (Å²) in [6, 6.07) is 8.91. The largest absolute Gasteiger partial charge is 0.491 e. The number of fused-ring (bicyclic) bond motifs is 1. The van der Waals surface area contributed by atoms with Crippen molar-refractivity contribution in [1.29, 1.82) is 0 Å². The molecule has 0 radical (unpaired) electrons. The standard InChI is InChI=1S/C16H26N2O/c1-4-13(2)14(17-3)12-18-10-7-11-19-16-9-6-5-8-15(16)18/h5-6,8-9,13-14,17H,4,7,10-12H2,1-3H3. The van der Waals surface area contributed by atoms with E-state index in [0.717, 1.165) is 31.9 Å². The number of likely N-dealkylation sites (N-methyl/N-ethyl adjacent to an activating group) is 1. The summed E-state index contributed by atoms with van der Waals surface area (Å²) in [6.45, 7) is 7.52. The molecular formula is C16H26N2O. The molecule has 106 valence electrons. The third-order valence-electron chi connectivity index (χ3n) is 4.15. The molecule has 0 fully saturated rings. The number of ether oxygens (including phenoxy) is 1. The van der Waals surface area contributed by atoms with Crippen LogP contribution < -0.4 is 15.0 Å². The zero-order valence-corrected chi connectivity index (χ0v) is 12.4. The predicted octanol–water partition coefficient (Wildman–Crippen LogP) is 2.91. The number of nitrogens with zero attached hydrogens (tertiary/aromatic N) is 1. The lowest BCUT2D eigenvalue weighted by Gasteiger charge is -2.31. The molecule has 1 aliphatic heterocycles. The Morgan fingerprint density at radius 1 is 1.37 bits per heavy atom. The maximum Gasteiger partial charge on any atom is 0.142 e. The molecule has 0 aromatic heterocycles. The highest BCUT2D eigenvalue weighted by molar-refractivity contribution is 5.59. The number of para-hydroxylation sites is 2. The highest BCUT2D eigenvalue weighted by Gasteiger charge is 2.21. The Labute approximate surface area is 116 Å². The van der Waals surface area contributed by atoms with E-state index in [1.54, 1.807) is 0 Å². The lowest BCUT2D eigenvalue weighted by molar-refractivity contribution is 0.322. The van der Waals surface area contributed by atoms with E-state index >= 15 is 0 Å². The van der Waals surface area contributed by atoms with Crippen molar-refractivity contribution < 1.29 is 4.74 Å². The Bertz CT molecular complexity index is 394. The Morgan fingerprint density at radius 2 is 2.16 bits per heavy atom. The Balaban J connectivity index is 2.15. The van der Waals surface area contributed by atoms with Gasteiger partial charge in [0.1, 0.15) is 5.75 Å². The van der Waals surface area contributed by atoms with Gasteiger partial charge in [-0.3, -0.25) is 0 Å². The van der Waals surface area contributed by atoms with Gasteiger partial charge in [-0.15, -0.1) is 0 Å². The van der Waals surface area contributed by atoms with Gasteiger partial charge < -0.3 is 15.0 Å². The second kappa shape index (κ2) is 6.80. The van der Waals surface area contributed by atoms with Gasteiger partial charge >= 0.3 is 0 Å². The summed E-state index contributed by atoms with van der Waals surface area (Å²) in [6.07, 6.45) is 2.29. The van der Waals surface area contributed by atoms with Gasteiger partial charge in [-0.2, -0.15) is 0 Å². The van der Waals surface area contributed by atoms with Gasteiger partial charge in [-0.05, 0) is 31.5 Å². The quantitative estimate of drug-likeness (QED) is 0.883. The summed E-state index contributed by atoms with van der Waals surface area (Å²) in [5.41, 5.74) is 1.24. The average Bonchev–Trinajstić information content (AvgIpc) is 2.66.